The maximum atomic E-state index is 6.07. The highest BCUT2D eigenvalue weighted by molar-refractivity contribution is 14.1. The Hall–Kier alpha value is -1.14. The van der Waals surface area contributed by atoms with Crippen LogP contribution in [0.5, 0.6) is 11.5 Å². The molecule has 2 nitrogen and oxygen atoms in total. The lowest BCUT2D eigenvalue weighted by atomic mass is 10.1. The van der Waals surface area contributed by atoms with Crippen LogP contribution in [0.25, 0.3) is 0 Å². The summed E-state index contributed by atoms with van der Waals surface area (Å²) in [5.74, 6) is 1.70. The van der Waals surface area contributed by atoms with Gasteiger partial charge in [-0.05, 0) is 90.5 Å². The van der Waals surface area contributed by atoms with Gasteiger partial charge >= 0.3 is 0 Å². The van der Waals surface area contributed by atoms with E-state index in [1.807, 2.05) is 25.1 Å². The Labute approximate surface area is 157 Å². The smallest absolute Gasteiger partial charge is 0.167 e. The zero-order chi connectivity index (χ0) is 17.0. The van der Waals surface area contributed by atoms with Crippen LogP contribution in [0.2, 0.25) is 0 Å². The van der Waals surface area contributed by atoms with Gasteiger partial charge in [-0.1, -0.05) is 19.1 Å². The van der Waals surface area contributed by atoms with Crippen molar-refractivity contribution < 1.29 is 9.47 Å². The minimum absolute atomic E-state index is 0.462. The molecule has 122 valence electrons. The topological polar surface area (TPSA) is 18.5 Å². The molecule has 0 bridgehead atoms. The fraction of sp³-hybridized carbons (Fsp3) is 0.316. The van der Waals surface area contributed by atoms with Gasteiger partial charge in [0.1, 0.15) is 18.1 Å². The van der Waals surface area contributed by atoms with Crippen LogP contribution in [0.1, 0.15) is 35.6 Å². The van der Waals surface area contributed by atoms with E-state index in [2.05, 4.69) is 55.5 Å². The van der Waals surface area contributed by atoms with Crippen molar-refractivity contribution in [2.75, 3.05) is 0 Å². The summed E-state index contributed by atoms with van der Waals surface area (Å²) in [6.07, 6.45) is 0.720. The minimum atomic E-state index is 0.462. The molecule has 0 unspecified atom stereocenters. The lowest BCUT2D eigenvalue weighted by Gasteiger charge is -2.16. The number of hydrogen-bond donors (Lipinski definition) is 0. The summed E-state index contributed by atoms with van der Waals surface area (Å²) in [5, 5.41) is 0.593. The molecule has 0 saturated carbocycles. The van der Waals surface area contributed by atoms with Crippen LogP contribution in [-0.4, -0.2) is 5.05 Å². The lowest BCUT2D eigenvalue weighted by Crippen LogP contribution is -2.08. The van der Waals surface area contributed by atoms with Crippen molar-refractivity contribution in [3.8, 4) is 11.5 Å². The van der Waals surface area contributed by atoms with Crippen molar-refractivity contribution in [3.05, 3.63) is 56.2 Å². The van der Waals surface area contributed by atoms with Gasteiger partial charge in [0.2, 0.25) is 0 Å². The summed E-state index contributed by atoms with van der Waals surface area (Å²) in [5.41, 5.74) is 4.69. The summed E-state index contributed by atoms with van der Waals surface area (Å²) in [6, 6.07) is 10.2. The van der Waals surface area contributed by atoms with Gasteiger partial charge < -0.3 is 9.47 Å². The molecule has 0 aromatic heterocycles. The third-order valence-electron chi connectivity index (χ3n) is 3.75. The Kier molecular flexibility index (Phi) is 6.41. The fourth-order valence-corrected chi connectivity index (χ4v) is 2.93. The Morgan fingerprint density at radius 2 is 1.74 bits per heavy atom. The Morgan fingerprint density at radius 3 is 2.43 bits per heavy atom. The summed E-state index contributed by atoms with van der Waals surface area (Å²) >= 11 is 7.51. The Morgan fingerprint density at radius 1 is 1.04 bits per heavy atom. The zero-order valence-corrected chi connectivity index (χ0v) is 16.9. The van der Waals surface area contributed by atoms with Gasteiger partial charge in [0.15, 0.2) is 5.05 Å². The van der Waals surface area contributed by atoms with E-state index < -0.39 is 0 Å². The second-order valence-corrected chi connectivity index (χ2v) is 7.15. The summed E-state index contributed by atoms with van der Waals surface area (Å²) in [4.78, 5) is 0. The molecule has 2 rings (SSSR count). The first-order valence-corrected chi connectivity index (χ1v) is 9.09. The molecule has 0 amide bonds. The van der Waals surface area contributed by atoms with Gasteiger partial charge in [-0.15, -0.1) is 0 Å². The highest BCUT2D eigenvalue weighted by Gasteiger charge is 2.12. The van der Waals surface area contributed by atoms with Crippen LogP contribution >= 0.6 is 34.8 Å². The number of halogens is 1. The molecule has 0 fully saturated rings. The molecule has 2 aromatic rings. The highest BCUT2D eigenvalue weighted by atomic mass is 127. The maximum absolute atomic E-state index is 6.07. The predicted octanol–water partition coefficient (Wildman–Crippen LogP) is 5.91. The number of benzene rings is 2. The normalized spacial score (nSPS) is 10.5. The van der Waals surface area contributed by atoms with E-state index in [0.717, 1.165) is 32.6 Å². The van der Waals surface area contributed by atoms with Crippen LogP contribution in [0.3, 0.4) is 0 Å². The van der Waals surface area contributed by atoms with Crippen LogP contribution in [0.4, 0.5) is 0 Å². The van der Waals surface area contributed by atoms with Crippen LogP contribution in [0.15, 0.2) is 30.3 Å². The monoisotopic (exact) mass is 440 g/mol. The lowest BCUT2D eigenvalue weighted by molar-refractivity contribution is 0.298. The van der Waals surface area contributed by atoms with Crippen molar-refractivity contribution in [1.82, 2.24) is 0 Å². The van der Waals surface area contributed by atoms with E-state index in [-0.39, 0.29) is 0 Å². The third-order valence-corrected chi connectivity index (χ3v) is 5.13. The molecular formula is C19H21IO2S. The first-order chi connectivity index (χ1) is 10.9. The van der Waals surface area contributed by atoms with E-state index in [1.54, 1.807) is 0 Å². The van der Waals surface area contributed by atoms with Gasteiger partial charge in [-0.25, -0.2) is 0 Å². The zero-order valence-electron chi connectivity index (χ0n) is 13.9. The molecule has 0 radical (unpaired) electrons. The van der Waals surface area contributed by atoms with Crippen LogP contribution in [0, 0.1) is 24.3 Å². The minimum Gasteiger partial charge on any atom is -0.488 e. The number of ether oxygens (including phenoxy) is 2. The van der Waals surface area contributed by atoms with Gasteiger partial charge in [0.05, 0.1) is 0 Å². The third kappa shape index (κ3) is 4.67. The van der Waals surface area contributed by atoms with Crippen molar-refractivity contribution in [1.29, 1.82) is 0 Å². The van der Waals surface area contributed by atoms with Gasteiger partial charge in [-0.2, -0.15) is 0 Å². The van der Waals surface area contributed by atoms with Crippen molar-refractivity contribution in [2.24, 2.45) is 0 Å². The van der Waals surface area contributed by atoms with Crippen molar-refractivity contribution >= 4 is 39.9 Å². The summed E-state index contributed by atoms with van der Waals surface area (Å²) in [6.45, 7) is 8.74. The SMILES string of the molecule is CCC(=S)Oc1cccc(I)c1COc1cc(C)c(C)cc1C. The largest absolute Gasteiger partial charge is 0.488 e. The average Bonchev–Trinajstić information content (AvgIpc) is 2.51. The van der Waals surface area contributed by atoms with Gasteiger partial charge in [0, 0.05) is 15.6 Å². The molecule has 0 N–H and O–H groups in total. The quantitative estimate of drug-likeness (QED) is 0.425. The molecule has 0 atom stereocenters. The van der Waals surface area contributed by atoms with E-state index in [0.29, 0.717) is 11.7 Å². The number of hydrogen-bond acceptors (Lipinski definition) is 3. The Bertz CT molecular complexity index is 726. The number of rotatable bonds is 5. The van der Waals surface area contributed by atoms with E-state index in [9.17, 15) is 0 Å². The van der Waals surface area contributed by atoms with E-state index in [4.69, 9.17) is 21.7 Å². The second kappa shape index (κ2) is 8.11. The van der Waals surface area contributed by atoms with E-state index in [1.165, 1.54) is 11.1 Å². The first kappa shape index (κ1) is 18.2. The molecule has 23 heavy (non-hydrogen) atoms. The standard InChI is InChI=1S/C19H21IO2S/c1-5-19(23)22-17-8-6-7-16(20)15(17)11-21-18-10-13(3)12(2)9-14(18)4/h6-10H,5,11H2,1-4H3. The van der Waals surface area contributed by atoms with Crippen molar-refractivity contribution in [2.45, 2.75) is 40.7 Å². The number of aryl methyl sites for hydroxylation is 3. The molecule has 0 aliphatic rings. The van der Waals surface area contributed by atoms with Gasteiger partial charge in [0.25, 0.3) is 0 Å². The molecule has 0 aliphatic carbocycles. The first-order valence-electron chi connectivity index (χ1n) is 7.61. The van der Waals surface area contributed by atoms with E-state index >= 15 is 0 Å². The van der Waals surface area contributed by atoms with Crippen LogP contribution < -0.4 is 9.47 Å². The predicted molar refractivity (Wildman–Crippen MR) is 108 cm³/mol. The van der Waals surface area contributed by atoms with Crippen molar-refractivity contribution in [3.63, 3.8) is 0 Å². The van der Waals surface area contributed by atoms with Crippen LogP contribution in [-0.2, 0) is 6.61 Å². The van der Waals surface area contributed by atoms with Gasteiger partial charge in [-0.3, -0.25) is 0 Å². The second-order valence-electron chi connectivity index (χ2n) is 5.53. The molecule has 2 aromatic carbocycles. The fourth-order valence-electron chi connectivity index (χ4n) is 2.21. The Balaban J connectivity index is 2.23. The highest BCUT2D eigenvalue weighted by Crippen LogP contribution is 2.28. The average molecular weight is 440 g/mol. The molecule has 0 spiro atoms. The summed E-state index contributed by atoms with van der Waals surface area (Å²) in [7, 11) is 0. The molecule has 0 saturated heterocycles. The molecule has 0 aliphatic heterocycles. The molecule has 4 heteroatoms. The number of thiocarbonyl (C=S) groups is 1. The molecular weight excluding hydrogens is 419 g/mol. The molecule has 0 heterocycles. The maximum Gasteiger partial charge on any atom is 0.167 e. The summed E-state index contributed by atoms with van der Waals surface area (Å²) < 4.78 is 13.0.